The van der Waals surface area contributed by atoms with Crippen molar-refractivity contribution in [2.24, 2.45) is 0 Å². The van der Waals surface area contributed by atoms with Crippen LogP contribution in [0, 0.1) is 0 Å². The molecule has 0 aliphatic heterocycles. The predicted molar refractivity (Wildman–Crippen MR) is 53.9 cm³/mol. The highest BCUT2D eigenvalue weighted by atomic mass is 32.1. The van der Waals surface area contributed by atoms with Gasteiger partial charge in [0.05, 0.1) is 14.2 Å². The van der Waals surface area contributed by atoms with Crippen LogP contribution in [-0.4, -0.2) is 19.3 Å². The third-order valence-corrected chi connectivity index (χ3v) is 2.09. The summed E-state index contributed by atoms with van der Waals surface area (Å²) in [7, 11) is 2.99. The zero-order valence-corrected chi connectivity index (χ0v) is 8.47. The lowest BCUT2D eigenvalue weighted by Crippen LogP contribution is -1.91. The first-order valence-corrected chi connectivity index (χ1v) is 4.41. The molecule has 13 heavy (non-hydrogen) atoms. The fraction of sp³-hybridized carbons (Fsp3) is 0.333. The Kier molecular flexibility index (Phi) is 3.31. The molecule has 3 nitrogen and oxygen atoms in total. The Hall–Kier alpha value is -1.03. The number of benzene rings is 1. The molecule has 1 N–H and O–H groups in total. The van der Waals surface area contributed by atoms with Gasteiger partial charge in [0.15, 0.2) is 11.5 Å². The Morgan fingerprint density at radius 3 is 2.00 bits per heavy atom. The van der Waals surface area contributed by atoms with Gasteiger partial charge in [0.2, 0.25) is 5.75 Å². The van der Waals surface area contributed by atoms with Gasteiger partial charge in [-0.05, 0) is 17.7 Å². The minimum absolute atomic E-state index is 0.0236. The van der Waals surface area contributed by atoms with Crippen LogP contribution < -0.4 is 9.47 Å². The summed E-state index contributed by atoms with van der Waals surface area (Å²) in [5.41, 5.74) is 0.940. The van der Waals surface area contributed by atoms with Crippen LogP contribution in [0.3, 0.4) is 0 Å². The Bertz CT molecular complexity index is 274. The lowest BCUT2D eigenvalue weighted by molar-refractivity contribution is 0.339. The first-order chi connectivity index (χ1) is 6.22. The molecule has 0 saturated carbocycles. The molecule has 0 spiro atoms. The molecule has 0 atom stereocenters. The highest BCUT2D eigenvalue weighted by Gasteiger charge is 2.09. The van der Waals surface area contributed by atoms with Gasteiger partial charge in [-0.3, -0.25) is 0 Å². The summed E-state index contributed by atoms with van der Waals surface area (Å²) in [5, 5.41) is 9.53. The average molecular weight is 200 g/mol. The van der Waals surface area contributed by atoms with E-state index in [2.05, 4.69) is 12.6 Å². The lowest BCUT2D eigenvalue weighted by Gasteiger charge is -2.09. The summed E-state index contributed by atoms with van der Waals surface area (Å²) in [5.74, 6) is 1.41. The monoisotopic (exact) mass is 200 g/mol. The van der Waals surface area contributed by atoms with Crippen LogP contribution in [0.2, 0.25) is 0 Å². The van der Waals surface area contributed by atoms with Gasteiger partial charge < -0.3 is 14.6 Å². The summed E-state index contributed by atoms with van der Waals surface area (Å²) in [6.45, 7) is 0. The van der Waals surface area contributed by atoms with E-state index in [0.717, 1.165) is 5.56 Å². The SMILES string of the molecule is COc1cc(CS)cc(OC)c1O. The molecule has 0 radical (unpaired) electrons. The molecule has 0 bridgehead atoms. The summed E-state index contributed by atoms with van der Waals surface area (Å²) in [4.78, 5) is 0. The highest BCUT2D eigenvalue weighted by Crippen LogP contribution is 2.37. The Morgan fingerprint density at radius 1 is 1.23 bits per heavy atom. The van der Waals surface area contributed by atoms with Crippen LogP contribution in [0.25, 0.3) is 0 Å². The smallest absolute Gasteiger partial charge is 0.200 e. The van der Waals surface area contributed by atoms with E-state index < -0.39 is 0 Å². The molecule has 1 rings (SSSR count). The molecule has 1 aromatic rings. The molecule has 0 unspecified atom stereocenters. The first-order valence-electron chi connectivity index (χ1n) is 3.77. The van der Waals surface area contributed by atoms with E-state index >= 15 is 0 Å². The zero-order chi connectivity index (χ0) is 9.84. The second kappa shape index (κ2) is 4.28. The van der Waals surface area contributed by atoms with Crippen molar-refractivity contribution >= 4 is 12.6 Å². The van der Waals surface area contributed by atoms with Gasteiger partial charge in [0, 0.05) is 5.75 Å². The average Bonchev–Trinajstić information content (AvgIpc) is 2.18. The van der Waals surface area contributed by atoms with Crippen molar-refractivity contribution in [2.45, 2.75) is 5.75 Å². The summed E-state index contributed by atoms with van der Waals surface area (Å²) in [6, 6.07) is 3.45. The molecule has 72 valence electrons. The number of hydrogen-bond donors (Lipinski definition) is 2. The molecule has 0 aliphatic rings. The van der Waals surface area contributed by atoms with Gasteiger partial charge in [-0.1, -0.05) is 0 Å². The van der Waals surface area contributed by atoms with E-state index in [9.17, 15) is 5.11 Å². The second-order valence-corrected chi connectivity index (χ2v) is 2.82. The first kappa shape index (κ1) is 10.1. The molecule has 0 aliphatic carbocycles. The highest BCUT2D eigenvalue weighted by molar-refractivity contribution is 7.79. The quantitative estimate of drug-likeness (QED) is 0.731. The number of thiol groups is 1. The van der Waals surface area contributed by atoms with Gasteiger partial charge >= 0.3 is 0 Å². The minimum Gasteiger partial charge on any atom is -0.502 e. The molecular formula is C9H12O3S. The van der Waals surface area contributed by atoms with Crippen molar-refractivity contribution in [3.63, 3.8) is 0 Å². The van der Waals surface area contributed by atoms with Crippen molar-refractivity contribution in [3.05, 3.63) is 17.7 Å². The molecule has 4 heteroatoms. The number of phenolic OH excluding ortho intramolecular Hbond substituents is 1. The van der Waals surface area contributed by atoms with Crippen molar-refractivity contribution in [1.29, 1.82) is 0 Å². The van der Waals surface area contributed by atoms with Crippen molar-refractivity contribution < 1.29 is 14.6 Å². The van der Waals surface area contributed by atoms with E-state index in [-0.39, 0.29) is 5.75 Å². The Morgan fingerprint density at radius 2 is 1.69 bits per heavy atom. The third-order valence-electron chi connectivity index (χ3n) is 1.72. The van der Waals surface area contributed by atoms with E-state index in [0.29, 0.717) is 17.3 Å². The molecule has 0 amide bonds. The van der Waals surface area contributed by atoms with Gasteiger partial charge in [0.1, 0.15) is 0 Å². The lowest BCUT2D eigenvalue weighted by atomic mass is 10.2. The van der Waals surface area contributed by atoms with Crippen molar-refractivity contribution in [2.75, 3.05) is 14.2 Å². The fourth-order valence-electron chi connectivity index (χ4n) is 1.04. The number of ether oxygens (including phenoxy) is 2. The zero-order valence-electron chi connectivity index (χ0n) is 7.57. The van der Waals surface area contributed by atoms with E-state index in [4.69, 9.17) is 9.47 Å². The van der Waals surface area contributed by atoms with Gasteiger partial charge in [-0.2, -0.15) is 12.6 Å². The summed E-state index contributed by atoms with van der Waals surface area (Å²) in [6.07, 6.45) is 0. The largest absolute Gasteiger partial charge is 0.502 e. The van der Waals surface area contributed by atoms with Crippen LogP contribution in [0.1, 0.15) is 5.56 Å². The van der Waals surface area contributed by atoms with Crippen molar-refractivity contribution in [3.8, 4) is 17.2 Å². The van der Waals surface area contributed by atoms with E-state index in [1.165, 1.54) is 14.2 Å². The standard InChI is InChI=1S/C9H12O3S/c1-11-7-3-6(5-13)4-8(12-2)9(7)10/h3-4,10,13H,5H2,1-2H3. The number of rotatable bonds is 3. The molecule has 1 aromatic carbocycles. The molecule has 0 aromatic heterocycles. The van der Waals surface area contributed by atoms with E-state index in [1.807, 2.05) is 0 Å². The minimum atomic E-state index is 0.0236. The number of phenols is 1. The van der Waals surface area contributed by atoms with Crippen LogP contribution in [0.5, 0.6) is 17.2 Å². The van der Waals surface area contributed by atoms with Crippen LogP contribution in [0.4, 0.5) is 0 Å². The van der Waals surface area contributed by atoms with Crippen LogP contribution >= 0.6 is 12.6 Å². The number of aromatic hydroxyl groups is 1. The van der Waals surface area contributed by atoms with Crippen LogP contribution in [-0.2, 0) is 5.75 Å². The number of methoxy groups -OCH3 is 2. The van der Waals surface area contributed by atoms with Gasteiger partial charge in [-0.15, -0.1) is 0 Å². The third kappa shape index (κ3) is 2.01. The topological polar surface area (TPSA) is 38.7 Å². The summed E-state index contributed by atoms with van der Waals surface area (Å²) >= 11 is 4.12. The normalized spacial score (nSPS) is 9.77. The van der Waals surface area contributed by atoms with E-state index in [1.54, 1.807) is 12.1 Å². The fourth-order valence-corrected chi connectivity index (χ4v) is 1.22. The molecule has 0 saturated heterocycles. The van der Waals surface area contributed by atoms with Gasteiger partial charge in [0.25, 0.3) is 0 Å². The molecular weight excluding hydrogens is 188 g/mol. The molecule has 0 heterocycles. The maximum Gasteiger partial charge on any atom is 0.200 e. The number of hydrogen-bond acceptors (Lipinski definition) is 4. The summed E-state index contributed by atoms with van der Waals surface area (Å²) < 4.78 is 9.93. The van der Waals surface area contributed by atoms with Crippen molar-refractivity contribution in [1.82, 2.24) is 0 Å². The van der Waals surface area contributed by atoms with Gasteiger partial charge in [-0.25, -0.2) is 0 Å². The van der Waals surface area contributed by atoms with Crippen LogP contribution in [0.15, 0.2) is 12.1 Å². The second-order valence-electron chi connectivity index (χ2n) is 2.51. The Balaban J connectivity index is 3.20. The predicted octanol–water partition coefficient (Wildman–Crippen LogP) is 1.84. The Labute approximate surface area is 82.7 Å². The molecule has 0 fully saturated rings. The maximum absolute atomic E-state index is 9.53. The maximum atomic E-state index is 9.53.